The Balaban J connectivity index is 1.33. The Labute approximate surface area is 342 Å². The molecule has 0 spiro atoms. The van der Waals surface area contributed by atoms with E-state index in [9.17, 15) is 5.26 Å². The first-order chi connectivity index (χ1) is 29.8. The van der Waals surface area contributed by atoms with Gasteiger partial charge in [0.05, 0.1) is 51.1 Å². The van der Waals surface area contributed by atoms with Gasteiger partial charge in [-0.3, -0.25) is 9.97 Å². The maximum absolute atomic E-state index is 11.7. The lowest BCUT2D eigenvalue weighted by Crippen LogP contribution is -2.08. The van der Waals surface area contributed by atoms with Crippen molar-refractivity contribution < 1.29 is 0 Å². The molecular weight excluding hydrogens is 733 g/mol. The molecule has 6 nitrogen and oxygen atoms in total. The highest BCUT2D eigenvalue weighted by Gasteiger charge is 2.33. The second-order valence-corrected chi connectivity index (χ2v) is 15.4. The number of fused-ring (bicyclic) bond motifs is 6. The van der Waals surface area contributed by atoms with Crippen molar-refractivity contribution in [2.24, 2.45) is 0 Å². The van der Waals surface area contributed by atoms with Gasteiger partial charge in [0, 0.05) is 62.0 Å². The first-order valence-corrected chi connectivity index (χ1v) is 19.9. The van der Waals surface area contributed by atoms with Crippen LogP contribution in [0.25, 0.3) is 125 Å². The first-order valence-electron chi connectivity index (χ1n) is 19.9. The van der Waals surface area contributed by atoms with Gasteiger partial charge in [0.25, 0.3) is 0 Å². The van der Waals surface area contributed by atoms with Crippen LogP contribution in [0.1, 0.15) is 5.56 Å². The molecule has 0 aliphatic heterocycles. The fourth-order valence-electron chi connectivity index (χ4n) is 10.4. The highest BCUT2D eigenvalue weighted by molar-refractivity contribution is 6.35. The molecule has 0 amide bonds. The molecule has 6 heteroatoms. The Morgan fingerprint density at radius 3 is 1.62 bits per heavy atom. The predicted molar refractivity (Wildman–Crippen MR) is 245 cm³/mol. The van der Waals surface area contributed by atoms with Crippen LogP contribution in [0.15, 0.2) is 170 Å². The van der Waals surface area contributed by atoms with Crippen LogP contribution in [-0.4, -0.2) is 19.1 Å². The summed E-state index contributed by atoms with van der Waals surface area (Å²) in [6.07, 6.45) is 5.70. The molecular formula is C54H28N6. The molecule has 0 aliphatic carbocycles. The summed E-state index contributed by atoms with van der Waals surface area (Å²) in [7, 11) is 0. The van der Waals surface area contributed by atoms with Gasteiger partial charge in [-0.25, -0.2) is 4.85 Å². The van der Waals surface area contributed by atoms with Crippen LogP contribution in [0.4, 0.5) is 5.69 Å². The number of rotatable bonds is 4. The summed E-state index contributed by atoms with van der Waals surface area (Å²) in [5.41, 5.74) is 10.2. The van der Waals surface area contributed by atoms with Gasteiger partial charge in [-0.05, 0) is 68.4 Å². The molecule has 13 aromatic rings. The second-order valence-electron chi connectivity index (χ2n) is 15.4. The zero-order valence-corrected chi connectivity index (χ0v) is 31.8. The molecule has 0 unspecified atom stereocenters. The van der Waals surface area contributed by atoms with Crippen molar-refractivity contribution in [3.8, 4) is 39.7 Å². The van der Waals surface area contributed by atoms with E-state index in [-0.39, 0.29) is 0 Å². The fraction of sp³-hybridized carbons (Fsp3) is 0. The molecule has 4 heterocycles. The van der Waals surface area contributed by atoms with Gasteiger partial charge in [0.2, 0.25) is 5.69 Å². The Kier molecular flexibility index (Phi) is 6.48. The quantitative estimate of drug-likeness (QED) is 0.133. The van der Waals surface area contributed by atoms with Crippen LogP contribution >= 0.6 is 0 Å². The van der Waals surface area contributed by atoms with Crippen LogP contribution in [0.5, 0.6) is 0 Å². The average Bonchev–Trinajstić information content (AvgIpc) is 3.84. The highest BCUT2D eigenvalue weighted by atomic mass is 15.0. The van der Waals surface area contributed by atoms with Gasteiger partial charge in [0.1, 0.15) is 6.07 Å². The molecule has 0 N–H and O–H groups in total. The number of nitriles is 1. The maximum Gasteiger partial charge on any atom is 0.220 e. The SMILES string of the molecule is [C-]#[N+]c1c(-c2ccccc2)c(C#N)c(-n2c3cccc4c5ccncc5c5cccc2c5c43)c(-c2ccccc2)c1-n1c2cccc3c4ccccc4c4nccc1c4c32. The lowest BCUT2D eigenvalue weighted by Gasteiger charge is -2.25. The van der Waals surface area contributed by atoms with Gasteiger partial charge in [-0.1, -0.05) is 121 Å². The van der Waals surface area contributed by atoms with Crippen LogP contribution in [0.3, 0.4) is 0 Å². The molecule has 4 aromatic heterocycles. The number of hydrogen-bond acceptors (Lipinski definition) is 3. The van der Waals surface area contributed by atoms with Crippen LogP contribution < -0.4 is 0 Å². The lowest BCUT2D eigenvalue weighted by atomic mass is 9.88. The first kappa shape index (κ1) is 32.5. The number of pyridine rings is 2. The average molecular weight is 761 g/mol. The van der Waals surface area contributed by atoms with Crippen LogP contribution in [0, 0.1) is 17.9 Å². The number of aromatic nitrogens is 4. The minimum absolute atomic E-state index is 0.407. The number of nitrogens with zero attached hydrogens (tertiary/aromatic N) is 6. The second kappa shape index (κ2) is 12.0. The normalized spacial score (nSPS) is 12.0. The minimum Gasteiger partial charge on any atom is -0.318 e. The van der Waals surface area contributed by atoms with E-state index in [4.69, 9.17) is 11.6 Å². The van der Waals surface area contributed by atoms with E-state index < -0.39 is 0 Å². The standard InChI is InChI=1S/C54H28N6/c1-56-52-45(31-13-4-2-5-14-31)39(29-55)53(59-41-22-11-20-36-34-25-27-57-30-40(34)37-21-12-23-42(59)48(37)47(36)41)46(32-15-6-3-7-16-32)54(52)60-43-24-10-19-35-33-17-8-9-18-38(33)51-50(49(35)43)44(60)26-28-58-51/h2-28,30H. The maximum atomic E-state index is 11.7. The molecule has 9 aromatic carbocycles. The van der Waals surface area contributed by atoms with Gasteiger partial charge in [-0.2, -0.15) is 5.26 Å². The monoisotopic (exact) mass is 760 g/mol. The zero-order chi connectivity index (χ0) is 39.6. The largest absolute Gasteiger partial charge is 0.318 e. The van der Waals surface area contributed by atoms with Crippen molar-refractivity contribution in [1.29, 1.82) is 5.26 Å². The van der Waals surface area contributed by atoms with E-state index in [1.165, 1.54) is 0 Å². The van der Waals surface area contributed by atoms with E-state index in [0.29, 0.717) is 22.5 Å². The van der Waals surface area contributed by atoms with Gasteiger partial charge in [-0.15, -0.1) is 0 Å². The molecule has 0 aliphatic rings. The van der Waals surface area contributed by atoms with Crippen molar-refractivity contribution in [1.82, 2.24) is 19.1 Å². The molecule has 0 radical (unpaired) electrons. The van der Waals surface area contributed by atoms with Crippen molar-refractivity contribution >= 4 is 92.5 Å². The van der Waals surface area contributed by atoms with Crippen molar-refractivity contribution in [3.63, 3.8) is 0 Å². The summed E-state index contributed by atoms with van der Waals surface area (Å²) in [5, 5.41) is 23.9. The van der Waals surface area contributed by atoms with E-state index in [0.717, 1.165) is 109 Å². The molecule has 274 valence electrons. The van der Waals surface area contributed by atoms with Gasteiger partial charge in [0.15, 0.2) is 0 Å². The van der Waals surface area contributed by atoms with Gasteiger partial charge < -0.3 is 9.13 Å². The third-order valence-electron chi connectivity index (χ3n) is 12.6. The number of benzene rings is 9. The smallest absolute Gasteiger partial charge is 0.220 e. The highest BCUT2D eigenvalue weighted by Crippen LogP contribution is 2.54. The minimum atomic E-state index is 0.407. The Morgan fingerprint density at radius 2 is 0.983 bits per heavy atom. The van der Waals surface area contributed by atoms with Crippen LogP contribution in [-0.2, 0) is 0 Å². The van der Waals surface area contributed by atoms with E-state index >= 15 is 0 Å². The molecule has 0 fully saturated rings. The van der Waals surface area contributed by atoms with E-state index in [1.807, 2.05) is 67.1 Å². The third kappa shape index (κ3) is 4.04. The Bertz CT molecular complexity index is 3620. The summed E-state index contributed by atoms with van der Waals surface area (Å²) >= 11 is 0. The summed E-state index contributed by atoms with van der Waals surface area (Å²) < 4.78 is 4.57. The summed E-state index contributed by atoms with van der Waals surface area (Å²) in [6, 6.07) is 55.0. The summed E-state index contributed by atoms with van der Waals surface area (Å²) in [4.78, 5) is 14.1. The summed E-state index contributed by atoms with van der Waals surface area (Å²) in [6.45, 7) is 9.15. The third-order valence-corrected chi connectivity index (χ3v) is 12.6. The number of hydrogen-bond donors (Lipinski definition) is 0. The predicted octanol–water partition coefficient (Wildman–Crippen LogP) is 13.9. The Morgan fingerprint density at radius 1 is 0.467 bits per heavy atom. The summed E-state index contributed by atoms with van der Waals surface area (Å²) in [5.74, 6) is 0. The molecule has 60 heavy (non-hydrogen) atoms. The van der Waals surface area contributed by atoms with E-state index in [1.54, 1.807) is 0 Å². The van der Waals surface area contributed by atoms with Crippen molar-refractivity contribution in [2.75, 3.05) is 0 Å². The topological polar surface area (TPSA) is 63.8 Å². The zero-order valence-electron chi connectivity index (χ0n) is 31.8. The van der Waals surface area contributed by atoms with Crippen molar-refractivity contribution in [2.45, 2.75) is 0 Å². The molecule has 0 bridgehead atoms. The van der Waals surface area contributed by atoms with Crippen LogP contribution in [0.2, 0.25) is 0 Å². The fourth-order valence-corrected chi connectivity index (χ4v) is 10.4. The lowest BCUT2D eigenvalue weighted by molar-refractivity contribution is 1.13. The molecule has 0 saturated heterocycles. The van der Waals surface area contributed by atoms with E-state index in [2.05, 4.69) is 128 Å². The Hall–Kier alpha value is -8.58. The van der Waals surface area contributed by atoms with Crippen molar-refractivity contribution in [3.05, 3.63) is 187 Å². The molecule has 0 atom stereocenters. The molecule has 13 rings (SSSR count). The van der Waals surface area contributed by atoms with Gasteiger partial charge >= 0.3 is 0 Å². The molecule has 0 saturated carbocycles.